The summed E-state index contributed by atoms with van der Waals surface area (Å²) in [6, 6.07) is 5.54. The van der Waals surface area contributed by atoms with Gasteiger partial charge in [-0.25, -0.2) is 4.79 Å². The zero-order valence-corrected chi connectivity index (χ0v) is 10.1. The van der Waals surface area contributed by atoms with E-state index in [9.17, 15) is 4.79 Å². The highest BCUT2D eigenvalue weighted by molar-refractivity contribution is 5.88. The van der Waals surface area contributed by atoms with E-state index in [2.05, 4.69) is 15.0 Å². The largest absolute Gasteiger partial charge is 0.467 e. The van der Waals surface area contributed by atoms with Crippen LogP contribution in [0, 0.1) is 0 Å². The van der Waals surface area contributed by atoms with Crippen molar-refractivity contribution in [3.63, 3.8) is 0 Å². The second-order valence-electron chi connectivity index (χ2n) is 3.76. The Bertz CT molecular complexity index is 508. The first-order chi connectivity index (χ1) is 8.79. The summed E-state index contributed by atoms with van der Waals surface area (Å²) >= 11 is 0. The van der Waals surface area contributed by atoms with Crippen LogP contribution in [0.1, 0.15) is 21.7 Å². The van der Waals surface area contributed by atoms with Gasteiger partial charge in [-0.3, -0.25) is 4.98 Å². The zero-order valence-electron chi connectivity index (χ0n) is 10.1. The Balaban J connectivity index is 1.84. The highest BCUT2D eigenvalue weighted by atomic mass is 16.5. The lowest BCUT2D eigenvalue weighted by atomic mass is 10.3. The summed E-state index contributed by atoms with van der Waals surface area (Å²) in [5.74, 6) is 0.302. The Morgan fingerprint density at radius 3 is 3.11 bits per heavy atom. The molecule has 2 aromatic rings. The quantitative estimate of drug-likeness (QED) is 0.814. The molecule has 0 spiro atoms. The molecule has 0 aliphatic carbocycles. The number of hydrogen-bond acceptors (Lipinski definition) is 5. The van der Waals surface area contributed by atoms with Crippen LogP contribution in [0.2, 0.25) is 0 Å². The fourth-order valence-corrected chi connectivity index (χ4v) is 1.53. The third kappa shape index (κ3) is 3.18. The Hall–Kier alpha value is -2.14. The van der Waals surface area contributed by atoms with Gasteiger partial charge < -0.3 is 14.5 Å². The van der Waals surface area contributed by atoms with Gasteiger partial charge in [0.2, 0.25) is 0 Å². The van der Waals surface area contributed by atoms with Gasteiger partial charge in [-0.15, -0.1) is 0 Å². The van der Waals surface area contributed by atoms with Crippen LogP contribution in [0.15, 0.2) is 41.3 Å². The molecule has 0 bridgehead atoms. The molecule has 5 heteroatoms. The molecule has 0 aromatic carbocycles. The molecular weight excluding hydrogens is 232 g/mol. The van der Waals surface area contributed by atoms with E-state index in [1.807, 2.05) is 12.1 Å². The second kappa shape index (κ2) is 5.97. The van der Waals surface area contributed by atoms with Crippen LogP contribution < -0.4 is 5.32 Å². The lowest BCUT2D eigenvalue weighted by molar-refractivity contribution is 0.0600. The fraction of sp³-hybridized carbons (Fsp3) is 0.231. The molecule has 0 fully saturated rings. The molecule has 5 nitrogen and oxygen atoms in total. The summed E-state index contributed by atoms with van der Waals surface area (Å²) in [4.78, 5) is 15.2. The molecule has 0 saturated heterocycles. The maximum atomic E-state index is 11.2. The van der Waals surface area contributed by atoms with Gasteiger partial charge in [0.25, 0.3) is 0 Å². The van der Waals surface area contributed by atoms with Crippen molar-refractivity contribution in [2.45, 2.75) is 13.1 Å². The van der Waals surface area contributed by atoms with Crippen molar-refractivity contribution < 1.29 is 13.9 Å². The van der Waals surface area contributed by atoms with Crippen molar-refractivity contribution in [1.29, 1.82) is 0 Å². The van der Waals surface area contributed by atoms with Gasteiger partial charge in [-0.1, -0.05) is 6.07 Å². The van der Waals surface area contributed by atoms with Gasteiger partial charge >= 0.3 is 5.97 Å². The maximum absolute atomic E-state index is 11.2. The van der Waals surface area contributed by atoms with Crippen molar-refractivity contribution in [3.8, 4) is 0 Å². The molecule has 18 heavy (non-hydrogen) atoms. The first-order valence-corrected chi connectivity index (χ1v) is 5.55. The van der Waals surface area contributed by atoms with Crippen molar-refractivity contribution in [2.75, 3.05) is 7.11 Å². The van der Waals surface area contributed by atoms with Crippen LogP contribution in [-0.4, -0.2) is 18.1 Å². The van der Waals surface area contributed by atoms with E-state index in [0.29, 0.717) is 24.4 Å². The number of furan rings is 1. The molecule has 2 aromatic heterocycles. The van der Waals surface area contributed by atoms with E-state index in [1.165, 1.54) is 13.4 Å². The zero-order chi connectivity index (χ0) is 12.8. The maximum Gasteiger partial charge on any atom is 0.341 e. The van der Waals surface area contributed by atoms with Gasteiger partial charge in [0, 0.05) is 18.9 Å². The number of nitrogens with one attached hydrogen (secondary N) is 1. The molecule has 0 unspecified atom stereocenters. The van der Waals surface area contributed by atoms with Crippen molar-refractivity contribution in [1.82, 2.24) is 10.3 Å². The Labute approximate surface area is 105 Å². The van der Waals surface area contributed by atoms with Crippen molar-refractivity contribution in [3.05, 3.63) is 53.7 Å². The first-order valence-electron chi connectivity index (χ1n) is 5.55. The molecule has 0 saturated carbocycles. The van der Waals surface area contributed by atoms with E-state index in [1.54, 1.807) is 18.5 Å². The fourth-order valence-electron chi connectivity index (χ4n) is 1.53. The lowest BCUT2D eigenvalue weighted by Gasteiger charge is -2.01. The highest BCUT2D eigenvalue weighted by Gasteiger charge is 2.09. The number of hydrogen-bond donors (Lipinski definition) is 1. The van der Waals surface area contributed by atoms with Crippen molar-refractivity contribution in [2.24, 2.45) is 0 Å². The monoisotopic (exact) mass is 246 g/mol. The van der Waals surface area contributed by atoms with E-state index in [-0.39, 0.29) is 0 Å². The number of nitrogens with zero attached hydrogens (tertiary/aromatic N) is 1. The number of rotatable bonds is 5. The second-order valence-corrected chi connectivity index (χ2v) is 3.76. The number of ether oxygens (including phenoxy) is 1. The van der Waals surface area contributed by atoms with Crippen LogP contribution in [0.5, 0.6) is 0 Å². The first kappa shape index (κ1) is 12.3. The molecule has 0 radical (unpaired) electrons. The summed E-state index contributed by atoms with van der Waals surface area (Å²) in [6.45, 7) is 1.24. The molecule has 1 N–H and O–H groups in total. The molecule has 0 aliphatic heterocycles. The number of aromatic nitrogens is 1. The molecule has 0 aliphatic rings. The van der Waals surface area contributed by atoms with Crippen LogP contribution in [0.3, 0.4) is 0 Å². The van der Waals surface area contributed by atoms with Crippen LogP contribution >= 0.6 is 0 Å². The highest BCUT2D eigenvalue weighted by Crippen LogP contribution is 2.09. The molecule has 0 amide bonds. The average molecular weight is 246 g/mol. The number of pyridine rings is 1. The van der Waals surface area contributed by atoms with Crippen molar-refractivity contribution >= 4 is 5.97 Å². The lowest BCUT2D eigenvalue weighted by Crippen LogP contribution is -2.12. The molecule has 2 rings (SSSR count). The number of esters is 1. The molecular formula is C13H14N2O3. The topological polar surface area (TPSA) is 64.4 Å². The summed E-state index contributed by atoms with van der Waals surface area (Å²) in [7, 11) is 1.34. The van der Waals surface area contributed by atoms with Crippen LogP contribution in [-0.2, 0) is 17.8 Å². The Morgan fingerprint density at radius 1 is 1.50 bits per heavy atom. The Kier molecular flexibility index (Phi) is 4.09. The third-order valence-corrected chi connectivity index (χ3v) is 2.43. The smallest absolute Gasteiger partial charge is 0.341 e. The number of carbonyl (C=O) groups is 1. The van der Waals surface area contributed by atoms with Gasteiger partial charge in [0.15, 0.2) is 0 Å². The van der Waals surface area contributed by atoms with Gasteiger partial charge in [-0.05, 0) is 17.7 Å². The molecule has 0 atom stereocenters. The summed E-state index contributed by atoms with van der Waals surface area (Å²) in [5.41, 5.74) is 1.52. The molecule has 94 valence electrons. The summed E-state index contributed by atoms with van der Waals surface area (Å²) in [6.07, 6.45) is 4.93. The minimum atomic E-state index is -0.391. The number of carbonyl (C=O) groups excluding carboxylic acids is 1. The number of methoxy groups -OCH3 is 1. The third-order valence-electron chi connectivity index (χ3n) is 2.43. The molecule has 2 heterocycles. The predicted molar refractivity (Wildman–Crippen MR) is 64.8 cm³/mol. The normalized spacial score (nSPS) is 10.3. The van der Waals surface area contributed by atoms with Gasteiger partial charge in [0.1, 0.15) is 12.0 Å². The standard InChI is InChI=1S/C13H14N2O3/c1-17-13(16)11-5-12(18-9-11)8-15-7-10-3-2-4-14-6-10/h2-6,9,15H,7-8H2,1H3. The van der Waals surface area contributed by atoms with E-state index < -0.39 is 5.97 Å². The minimum Gasteiger partial charge on any atom is -0.467 e. The van der Waals surface area contributed by atoms with Crippen LogP contribution in [0.4, 0.5) is 0 Å². The average Bonchev–Trinajstić information content (AvgIpc) is 2.88. The predicted octanol–water partition coefficient (Wildman–Crippen LogP) is 1.75. The summed E-state index contributed by atoms with van der Waals surface area (Å²) in [5, 5.41) is 3.20. The van der Waals surface area contributed by atoms with E-state index >= 15 is 0 Å². The van der Waals surface area contributed by atoms with Gasteiger partial charge in [0.05, 0.1) is 19.2 Å². The van der Waals surface area contributed by atoms with Crippen LogP contribution in [0.25, 0.3) is 0 Å². The van der Waals surface area contributed by atoms with Gasteiger partial charge in [-0.2, -0.15) is 0 Å². The van der Waals surface area contributed by atoms with E-state index in [0.717, 1.165) is 5.56 Å². The minimum absolute atomic E-state index is 0.391. The van der Waals surface area contributed by atoms with E-state index in [4.69, 9.17) is 4.42 Å². The Morgan fingerprint density at radius 2 is 2.39 bits per heavy atom. The SMILES string of the molecule is COC(=O)c1coc(CNCc2cccnc2)c1. The summed E-state index contributed by atoms with van der Waals surface area (Å²) < 4.78 is 9.84.